The maximum atomic E-state index is 3.66. The van der Waals surface area contributed by atoms with Crippen LogP contribution in [-0.2, 0) is 0 Å². The van der Waals surface area contributed by atoms with Crippen molar-refractivity contribution in [3.8, 4) is 0 Å². The van der Waals surface area contributed by atoms with Crippen LogP contribution in [0.25, 0.3) is 0 Å². The van der Waals surface area contributed by atoms with Gasteiger partial charge < -0.3 is 5.32 Å². The quantitative estimate of drug-likeness (QED) is 0.269. The van der Waals surface area contributed by atoms with Gasteiger partial charge in [0.05, 0.1) is 45.3 Å². The molecule has 1 N–H and O–H groups in total. The Morgan fingerprint density at radius 3 is 2.00 bits per heavy atom. The van der Waals surface area contributed by atoms with E-state index in [1.54, 1.807) is 0 Å². The minimum absolute atomic E-state index is 0.836. The second-order valence-electron chi connectivity index (χ2n) is 9.77. The SMILES string of the molecule is BB(B)B(B)B(B(B)B)B1CC1CCCCNCCCCC1CC1. The third-order valence-electron chi connectivity index (χ3n) is 6.99. The van der Waals surface area contributed by atoms with Crippen molar-refractivity contribution in [1.82, 2.24) is 5.32 Å². The minimum Gasteiger partial charge on any atom is -0.317 e. The molecule has 1 unspecified atom stereocenters. The third-order valence-corrected chi connectivity index (χ3v) is 6.99. The van der Waals surface area contributed by atoms with Gasteiger partial charge in [0.1, 0.15) is 0 Å². The Hall–Kier alpha value is 0.609. The summed E-state index contributed by atoms with van der Waals surface area (Å²) in [6.45, 7) is 3.54. The zero-order chi connectivity index (χ0) is 17.5. The van der Waals surface area contributed by atoms with Crippen LogP contribution in [-0.4, -0.2) is 83.9 Å². The summed E-state index contributed by atoms with van der Waals surface area (Å²) < 4.78 is 0. The number of hydrogen-bond acceptors (Lipinski definition) is 1. The van der Waals surface area contributed by atoms with Crippen molar-refractivity contribution in [3.63, 3.8) is 0 Å². The van der Waals surface area contributed by atoms with Crippen molar-refractivity contribution in [2.45, 2.75) is 63.5 Å². The molecule has 0 spiro atoms. The van der Waals surface area contributed by atoms with Gasteiger partial charge in [-0.05, 0) is 31.8 Å². The Bertz CT molecular complexity index is 354. The molecule has 11 heteroatoms. The topological polar surface area (TPSA) is 12.0 Å². The lowest BCUT2D eigenvalue weighted by Gasteiger charge is -2.24. The highest BCUT2D eigenvalue weighted by Gasteiger charge is 2.49. The molecule has 1 heterocycles. The number of nitrogens with one attached hydrogen (secondary N) is 1. The van der Waals surface area contributed by atoms with Crippen LogP contribution in [0.5, 0.6) is 0 Å². The third kappa shape index (κ3) is 7.46. The molecule has 1 saturated heterocycles. The predicted molar refractivity (Wildman–Crippen MR) is 133 cm³/mol. The highest BCUT2D eigenvalue weighted by molar-refractivity contribution is 8.01. The largest absolute Gasteiger partial charge is 0.317 e. The minimum atomic E-state index is 0.836. The lowest BCUT2D eigenvalue weighted by molar-refractivity contribution is 0.558. The predicted octanol–water partition coefficient (Wildman–Crippen LogP) is -2.85. The molecule has 24 heavy (non-hydrogen) atoms. The lowest BCUT2D eigenvalue weighted by Crippen LogP contribution is -2.63. The Balaban J connectivity index is 1.46. The molecule has 0 bridgehead atoms. The second kappa shape index (κ2) is 10.7. The molecule has 1 atom stereocenters. The number of unbranched alkanes of at least 4 members (excludes halogenated alkanes) is 2. The normalized spacial score (nSPS) is 19.2. The first-order valence-electron chi connectivity index (χ1n) is 11.2. The van der Waals surface area contributed by atoms with Gasteiger partial charge in [0.15, 0.2) is 0 Å². The number of rotatable bonds is 14. The Morgan fingerprint density at radius 1 is 0.833 bits per heavy atom. The van der Waals surface area contributed by atoms with Gasteiger partial charge in [0.2, 0.25) is 0 Å². The summed E-state index contributed by atoms with van der Waals surface area (Å²) in [5.74, 6) is 2.17. The average Bonchev–Trinajstić information content (AvgIpc) is 3.42. The van der Waals surface area contributed by atoms with Gasteiger partial charge in [-0.2, -0.15) is 0 Å². The molecule has 122 valence electrons. The maximum Gasteiger partial charge on any atom is 0.0928 e. The van der Waals surface area contributed by atoms with E-state index in [9.17, 15) is 0 Å². The van der Waals surface area contributed by atoms with E-state index in [4.69, 9.17) is 0 Å². The first-order chi connectivity index (χ1) is 11.5. The van der Waals surface area contributed by atoms with Crippen molar-refractivity contribution in [2.75, 3.05) is 13.1 Å². The molecule has 1 aliphatic heterocycles. The van der Waals surface area contributed by atoms with Crippen LogP contribution < -0.4 is 5.32 Å². The molecule has 2 aliphatic rings. The summed E-state index contributed by atoms with van der Waals surface area (Å²) in [7, 11) is 12.2. The fourth-order valence-electron chi connectivity index (χ4n) is 4.88. The maximum absolute atomic E-state index is 3.66. The Kier molecular flexibility index (Phi) is 9.31. The summed E-state index contributed by atoms with van der Waals surface area (Å²) in [6.07, 6.45) is 16.7. The van der Waals surface area contributed by atoms with Crippen molar-refractivity contribution in [2.24, 2.45) is 5.92 Å². The molecule has 0 radical (unpaired) electrons. The van der Waals surface area contributed by atoms with E-state index >= 15 is 0 Å². The standard InChI is InChI=1S/C13H35B10N/c14-20(15)22(18)23(21(16)17)19-11-13(19)6-2-4-10-24-9-3-1-5-12-7-8-12/h12-13,24H,1-11,14-18H2. The molecule has 0 aromatic rings. The van der Waals surface area contributed by atoms with E-state index < -0.39 is 0 Å². The molecule has 2 fully saturated rings. The zero-order valence-corrected chi connectivity index (χ0v) is 17.3. The summed E-state index contributed by atoms with van der Waals surface area (Å²) >= 11 is 0. The van der Waals surface area contributed by atoms with Gasteiger partial charge in [-0.3, -0.25) is 0 Å². The van der Waals surface area contributed by atoms with Gasteiger partial charge in [-0.1, -0.05) is 50.7 Å². The smallest absolute Gasteiger partial charge is 0.0928 e. The fraction of sp³-hybridized carbons (Fsp3) is 1.00. The van der Waals surface area contributed by atoms with Gasteiger partial charge in [0, 0.05) is 25.5 Å². The first kappa shape index (κ1) is 20.9. The van der Waals surface area contributed by atoms with E-state index in [1.165, 1.54) is 70.8 Å². The fourth-order valence-corrected chi connectivity index (χ4v) is 4.88. The molecule has 0 amide bonds. The average molecular weight is 314 g/mol. The van der Waals surface area contributed by atoms with Crippen LogP contribution >= 0.6 is 0 Å². The molecule has 0 aromatic carbocycles. The molecule has 1 nitrogen and oxygen atoms in total. The number of hydrogen-bond donors (Lipinski definition) is 1. The van der Waals surface area contributed by atoms with Gasteiger partial charge in [-0.25, -0.2) is 0 Å². The summed E-state index contributed by atoms with van der Waals surface area (Å²) in [4.78, 5) is 0. The molecule has 0 aromatic heterocycles. The summed E-state index contributed by atoms with van der Waals surface area (Å²) in [5, 5.41) is 3.66. The molecular formula is C13H35B10N. The highest BCUT2D eigenvalue weighted by atomic mass is 14.8. The summed E-state index contributed by atoms with van der Waals surface area (Å²) in [5.41, 5.74) is 0. The van der Waals surface area contributed by atoms with Crippen LogP contribution in [0.1, 0.15) is 51.4 Å². The van der Waals surface area contributed by atoms with E-state index in [0.717, 1.165) is 43.9 Å². The van der Waals surface area contributed by atoms with Crippen LogP contribution in [0.2, 0.25) is 12.1 Å². The van der Waals surface area contributed by atoms with Crippen LogP contribution in [0.15, 0.2) is 0 Å². The van der Waals surface area contributed by atoms with Crippen molar-refractivity contribution < 1.29 is 0 Å². The molecule has 2 rings (SSSR count). The molecule has 1 aliphatic carbocycles. The van der Waals surface area contributed by atoms with Crippen molar-refractivity contribution in [1.29, 1.82) is 0 Å². The van der Waals surface area contributed by atoms with Crippen LogP contribution in [0.3, 0.4) is 0 Å². The van der Waals surface area contributed by atoms with E-state index in [0.29, 0.717) is 0 Å². The lowest BCUT2D eigenvalue weighted by atomic mass is 8.57. The van der Waals surface area contributed by atoms with E-state index in [2.05, 4.69) is 44.0 Å². The van der Waals surface area contributed by atoms with Crippen molar-refractivity contribution >= 4 is 70.8 Å². The second-order valence-corrected chi connectivity index (χ2v) is 9.77. The highest BCUT2D eigenvalue weighted by Crippen LogP contribution is 2.43. The van der Waals surface area contributed by atoms with Gasteiger partial charge in [0.25, 0.3) is 0 Å². The van der Waals surface area contributed by atoms with Crippen molar-refractivity contribution in [3.05, 3.63) is 0 Å². The Labute approximate surface area is 158 Å². The summed E-state index contributed by atoms with van der Waals surface area (Å²) in [6, 6.07) is 0. The van der Waals surface area contributed by atoms with Gasteiger partial charge >= 0.3 is 0 Å². The molecular weight excluding hydrogens is 278 g/mol. The van der Waals surface area contributed by atoms with Crippen LogP contribution in [0.4, 0.5) is 0 Å². The van der Waals surface area contributed by atoms with Gasteiger partial charge in [-0.15, -0.1) is 0 Å². The van der Waals surface area contributed by atoms with E-state index in [-0.39, 0.29) is 0 Å². The zero-order valence-electron chi connectivity index (χ0n) is 17.3. The first-order valence-corrected chi connectivity index (χ1v) is 11.2. The Morgan fingerprint density at radius 2 is 1.46 bits per heavy atom. The van der Waals surface area contributed by atoms with Crippen LogP contribution in [0, 0.1) is 5.92 Å². The molecule has 1 saturated carbocycles. The van der Waals surface area contributed by atoms with E-state index in [1.807, 2.05) is 0 Å². The monoisotopic (exact) mass is 315 g/mol.